The minimum atomic E-state index is -0.428. The highest BCUT2D eigenvalue weighted by Gasteiger charge is 2.09. The van der Waals surface area contributed by atoms with Crippen molar-refractivity contribution in [3.63, 3.8) is 0 Å². The lowest BCUT2D eigenvalue weighted by Crippen LogP contribution is -2.17. The Balaban J connectivity index is 2.09. The quantitative estimate of drug-likeness (QED) is 0.657. The van der Waals surface area contributed by atoms with E-state index in [9.17, 15) is 9.90 Å². The average molecular weight is 319 g/mol. The smallest absolute Gasteiger partial charge is 0.272 e. The van der Waals surface area contributed by atoms with Crippen molar-refractivity contribution in [3.8, 4) is 11.5 Å². The SMILES string of the molecule is CCOc1cccc(C=NNC(=O)c2ccccc2Cl)c1O. The Hall–Kier alpha value is -2.53. The molecule has 2 rings (SSSR count). The van der Waals surface area contributed by atoms with Crippen LogP contribution in [-0.2, 0) is 0 Å². The van der Waals surface area contributed by atoms with Gasteiger partial charge < -0.3 is 9.84 Å². The predicted molar refractivity (Wildman–Crippen MR) is 85.8 cm³/mol. The van der Waals surface area contributed by atoms with Crippen LogP contribution in [0.4, 0.5) is 0 Å². The summed E-state index contributed by atoms with van der Waals surface area (Å²) in [5.41, 5.74) is 3.12. The molecule has 114 valence electrons. The molecule has 5 nitrogen and oxygen atoms in total. The summed E-state index contributed by atoms with van der Waals surface area (Å²) in [4.78, 5) is 11.9. The second-order valence-corrected chi connectivity index (χ2v) is 4.71. The van der Waals surface area contributed by atoms with Gasteiger partial charge in [-0.05, 0) is 31.2 Å². The van der Waals surface area contributed by atoms with Gasteiger partial charge in [0.15, 0.2) is 11.5 Å². The molecular formula is C16H15ClN2O3. The molecule has 2 N–H and O–H groups in total. The van der Waals surface area contributed by atoms with Crippen LogP contribution in [0.5, 0.6) is 11.5 Å². The molecule has 22 heavy (non-hydrogen) atoms. The van der Waals surface area contributed by atoms with E-state index in [0.29, 0.717) is 28.5 Å². The van der Waals surface area contributed by atoms with Crippen LogP contribution in [-0.4, -0.2) is 23.8 Å². The van der Waals surface area contributed by atoms with Gasteiger partial charge in [0.2, 0.25) is 0 Å². The number of nitrogens with one attached hydrogen (secondary N) is 1. The monoisotopic (exact) mass is 318 g/mol. The van der Waals surface area contributed by atoms with Crippen LogP contribution in [0.2, 0.25) is 5.02 Å². The number of phenolic OH excluding ortho intramolecular Hbond substituents is 1. The molecule has 2 aromatic carbocycles. The number of hydrogen-bond donors (Lipinski definition) is 2. The number of phenols is 1. The number of halogens is 1. The van der Waals surface area contributed by atoms with Crippen molar-refractivity contribution >= 4 is 23.7 Å². The van der Waals surface area contributed by atoms with E-state index in [-0.39, 0.29) is 5.75 Å². The van der Waals surface area contributed by atoms with Crippen molar-refractivity contribution in [1.29, 1.82) is 0 Å². The lowest BCUT2D eigenvalue weighted by atomic mass is 10.2. The molecule has 0 atom stereocenters. The molecule has 0 saturated heterocycles. The third-order valence-electron chi connectivity index (χ3n) is 2.82. The Labute approximate surface area is 133 Å². The number of amides is 1. The Morgan fingerprint density at radius 3 is 2.82 bits per heavy atom. The van der Waals surface area contributed by atoms with Crippen LogP contribution in [0.25, 0.3) is 0 Å². The van der Waals surface area contributed by atoms with Crippen molar-refractivity contribution in [2.45, 2.75) is 6.92 Å². The molecule has 0 saturated carbocycles. The molecule has 0 fully saturated rings. The van der Waals surface area contributed by atoms with Gasteiger partial charge in [-0.3, -0.25) is 4.79 Å². The predicted octanol–water partition coefficient (Wildman–Crippen LogP) is 3.21. The third kappa shape index (κ3) is 3.77. The van der Waals surface area contributed by atoms with Gasteiger partial charge in [0.05, 0.1) is 23.4 Å². The average Bonchev–Trinajstić information content (AvgIpc) is 2.51. The number of carbonyl (C=O) groups excluding carboxylic acids is 1. The Morgan fingerprint density at radius 2 is 2.09 bits per heavy atom. The molecular weight excluding hydrogens is 304 g/mol. The van der Waals surface area contributed by atoms with E-state index in [0.717, 1.165) is 0 Å². The number of aromatic hydroxyl groups is 1. The van der Waals surface area contributed by atoms with Gasteiger partial charge in [0, 0.05) is 5.56 Å². The molecule has 0 heterocycles. The van der Waals surface area contributed by atoms with E-state index in [1.165, 1.54) is 6.21 Å². The number of carbonyl (C=O) groups is 1. The van der Waals surface area contributed by atoms with Crippen LogP contribution in [0.1, 0.15) is 22.8 Å². The summed E-state index contributed by atoms with van der Waals surface area (Å²) in [6.07, 6.45) is 1.34. The van der Waals surface area contributed by atoms with Gasteiger partial charge in [-0.1, -0.05) is 29.8 Å². The van der Waals surface area contributed by atoms with Gasteiger partial charge in [0.25, 0.3) is 5.91 Å². The van der Waals surface area contributed by atoms with Crippen LogP contribution in [0, 0.1) is 0 Å². The maximum Gasteiger partial charge on any atom is 0.272 e. The largest absolute Gasteiger partial charge is 0.504 e. The van der Waals surface area contributed by atoms with E-state index < -0.39 is 5.91 Å². The number of nitrogens with zero attached hydrogens (tertiary/aromatic N) is 1. The summed E-state index contributed by atoms with van der Waals surface area (Å²) in [7, 11) is 0. The third-order valence-corrected chi connectivity index (χ3v) is 3.15. The van der Waals surface area contributed by atoms with Crippen molar-refractivity contribution in [3.05, 3.63) is 58.6 Å². The molecule has 0 aliphatic heterocycles. The first kappa shape index (κ1) is 15.9. The highest BCUT2D eigenvalue weighted by atomic mass is 35.5. The summed E-state index contributed by atoms with van der Waals surface area (Å²) in [5.74, 6) is -0.0914. The Kier molecular flexibility index (Phi) is 5.38. The standard InChI is InChI=1S/C16H15ClN2O3/c1-2-22-14-9-5-6-11(15(14)20)10-18-19-16(21)12-7-3-4-8-13(12)17/h3-10,20H,2H2,1H3,(H,19,21). The van der Waals surface area contributed by atoms with Crippen molar-refractivity contribution < 1.29 is 14.6 Å². The molecule has 0 aromatic heterocycles. The van der Waals surface area contributed by atoms with Crippen LogP contribution in [0.15, 0.2) is 47.6 Å². The number of ether oxygens (including phenoxy) is 1. The summed E-state index contributed by atoms with van der Waals surface area (Å²) in [6, 6.07) is 11.7. The number of benzene rings is 2. The van der Waals surface area contributed by atoms with Gasteiger partial charge in [0.1, 0.15) is 0 Å². The zero-order valence-corrected chi connectivity index (χ0v) is 12.7. The van der Waals surface area contributed by atoms with Crippen molar-refractivity contribution in [2.75, 3.05) is 6.61 Å². The van der Waals surface area contributed by atoms with E-state index in [1.54, 1.807) is 42.5 Å². The summed E-state index contributed by atoms with van der Waals surface area (Å²) >= 11 is 5.93. The molecule has 0 aliphatic rings. The van der Waals surface area contributed by atoms with Gasteiger partial charge in [-0.2, -0.15) is 5.10 Å². The fourth-order valence-electron chi connectivity index (χ4n) is 1.78. The molecule has 0 aliphatic carbocycles. The van der Waals surface area contributed by atoms with E-state index >= 15 is 0 Å². The number of hydrogen-bond acceptors (Lipinski definition) is 4. The topological polar surface area (TPSA) is 70.9 Å². The minimum Gasteiger partial charge on any atom is -0.504 e. The van der Waals surface area contributed by atoms with Gasteiger partial charge in [-0.15, -0.1) is 0 Å². The van der Waals surface area contributed by atoms with E-state index in [4.69, 9.17) is 16.3 Å². The highest BCUT2D eigenvalue weighted by Crippen LogP contribution is 2.28. The Morgan fingerprint density at radius 1 is 1.32 bits per heavy atom. The fourth-order valence-corrected chi connectivity index (χ4v) is 2.00. The van der Waals surface area contributed by atoms with Gasteiger partial charge in [-0.25, -0.2) is 5.43 Å². The maximum atomic E-state index is 11.9. The van der Waals surface area contributed by atoms with E-state index in [1.807, 2.05) is 6.92 Å². The van der Waals surface area contributed by atoms with Crippen molar-refractivity contribution in [1.82, 2.24) is 5.43 Å². The van der Waals surface area contributed by atoms with Crippen molar-refractivity contribution in [2.24, 2.45) is 5.10 Å². The molecule has 0 bridgehead atoms. The fraction of sp³-hybridized carbons (Fsp3) is 0.125. The molecule has 6 heteroatoms. The lowest BCUT2D eigenvalue weighted by Gasteiger charge is -2.07. The van der Waals surface area contributed by atoms with Crippen LogP contribution in [0.3, 0.4) is 0 Å². The second-order valence-electron chi connectivity index (χ2n) is 4.31. The van der Waals surface area contributed by atoms with E-state index in [2.05, 4.69) is 10.5 Å². The first-order valence-corrected chi connectivity index (χ1v) is 7.04. The summed E-state index contributed by atoms with van der Waals surface area (Å²) < 4.78 is 5.27. The number of rotatable bonds is 5. The second kappa shape index (κ2) is 7.47. The molecule has 0 spiro atoms. The number of hydrazone groups is 1. The first-order valence-electron chi connectivity index (χ1n) is 6.66. The van der Waals surface area contributed by atoms with Crippen LogP contribution >= 0.6 is 11.6 Å². The lowest BCUT2D eigenvalue weighted by molar-refractivity contribution is 0.0955. The first-order chi connectivity index (χ1) is 10.6. The zero-order chi connectivity index (χ0) is 15.9. The normalized spacial score (nSPS) is 10.6. The minimum absolute atomic E-state index is 0.0277. The van der Waals surface area contributed by atoms with Crippen LogP contribution < -0.4 is 10.2 Å². The zero-order valence-electron chi connectivity index (χ0n) is 11.9. The summed E-state index contributed by atoms with van der Waals surface area (Å²) in [5, 5.41) is 14.2. The van der Waals surface area contributed by atoms with Gasteiger partial charge >= 0.3 is 0 Å². The molecule has 0 radical (unpaired) electrons. The molecule has 0 unspecified atom stereocenters. The Bertz CT molecular complexity index is 702. The molecule has 2 aromatic rings. The summed E-state index contributed by atoms with van der Waals surface area (Å²) in [6.45, 7) is 2.27. The number of para-hydroxylation sites is 1. The molecule has 1 amide bonds. The highest BCUT2D eigenvalue weighted by molar-refractivity contribution is 6.33. The maximum absolute atomic E-state index is 11.9.